The molecule has 44 heavy (non-hydrogen) atoms. The molecule has 7 nitrogen and oxygen atoms in total. The van der Waals surface area contributed by atoms with Gasteiger partial charge in [-0.3, -0.25) is 4.90 Å². The van der Waals surface area contributed by atoms with Gasteiger partial charge in [-0.1, -0.05) is 17.9 Å². The Morgan fingerprint density at radius 3 is 2.66 bits per heavy atom. The van der Waals surface area contributed by atoms with Crippen molar-refractivity contribution in [3.05, 3.63) is 65.2 Å². The highest BCUT2D eigenvalue weighted by Crippen LogP contribution is 2.41. The summed E-state index contributed by atoms with van der Waals surface area (Å²) in [6, 6.07) is 11.5. The van der Waals surface area contributed by atoms with E-state index in [1.165, 1.54) is 18.2 Å². The molecule has 4 fully saturated rings. The highest BCUT2D eigenvalue weighted by Gasteiger charge is 2.49. The molecule has 0 saturated carbocycles. The zero-order chi connectivity index (χ0) is 30.0. The monoisotopic (exact) mass is 599 g/mol. The van der Waals surface area contributed by atoms with E-state index >= 15 is 4.39 Å². The largest absolute Gasteiger partial charge is 0.508 e. The topological polar surface area (TPSA) is 73.8 Å². The summed E-state index contributed by atoms with van der Waals surface area (Å²) in [5, 5.41) is 15.2. The number of aromatic hydroxyl groups is 1. The fraction of sp³-hybridized carbons (Fsp3) is 0.412. The van der Waals surface area contributed by atoms with E-state index in [1.54, 1.807) is 24.3 Å². The minimum atomic E-state index is -0.890. The molecule has 4 aliphatic rings. The molecule has 3 aromatic carbocycles. The first kappa shape index (κ1) is 27.5. The van der Waals surface area contributed by atoms with Crippen LogP contribution in [0.15, 0.2) is 42.5 Å². The van der Waals surface area contributed by atoms with Crippen molar-refractivity contribution >= 4 is 27.5 Å². The van der Waals surface area contributed by atoms with Gasteiger partial charge in [0.1, 0.15) is 35.7 Å². The summed E-state index contributed by atoms with van der Waals surface area (Å²) in [6.07, 6.45) is 3.50. The number of anilines is 1. The van der Waals surface area contributed by atoms with Crippen LogP contribution in [-0.4, -0.2) is 76.6 Å². The molecule has 1 aromatic heterocycles. The van der Waals surface area contributed by atoms with Gasteiger partial charge in [-0.15, -0.1) is 0 Å². The lowest BCUT2D eigenvalue weighted by Crippen LogP contribution is -2.51. The highest BCUT2D eigenvalue weighted by molar-refractivity contribution is 5.92. The second-order valence-corrected chi connectivity index (χ2v) is 12.6. The number of phenolic OH excluding ortho intramolecular Hbond substituents is 1. The van der Waals surface area contributed by atoms with Crippen molar-refractivity contribution in [3.63, 3.8) is 0 Å². The molecule has 4 aliphatic heterocycles. The summed E-state index contributed by atoms with van der Waals surface area (Å²) in [4.78, 5) is 13.7. The van der Waals surface area contributed by atoms with Gasteiger partial charge in [-0.25, -0.2) is 13.2 Å². The first-order chi connectivity index (χ1) is 21.3. The number of hydrogen-bond acceptors (Lipinski definition) is 7. The molecule has 0 amide bonds. The average Bonchev–Trinajstić information content (AvgIpc) is 3.66. The molecule has 8 rings (SSSR count). The number of nitrogens with zero attached hydrogens (tertiary/aromatic N) is 4. The zero-order valence-electron chi connectivity index (χ0n) is 24.1. The van der Waals surface area contributed by atoms with Gasteiger partial charge >= 0.3 is 6.01 Å². The summed E-state index contributed by atoms with van der Waals surface area (Å²) >= 11 is 0. The Kier molecular flexibility index (Phi) is 6.58. The average molecular weight is 600 g/mol. The van der Waals surface area contributed by atoms with E-state index in [9.17, 15) is 13.9 Å². The van der Waals surface area contributed by atoms with Crippen LogP contribution in [0.5, 0.6) is 11.8 Å². The Morgan fingerprint density at radius 1 is 1.00 bits per heavy atom. The van der Waals surface area contributed by atoms with E-state index in [1.807, 2.05) is 0 Å². The third-order valence-electron chi connectivity index (χ3n) is 9.79. The maximum atomic E-state index is 16.3. The van der Waals surface area contributed by atoms with Gasteiger partial charge in [0.2, 0.25) is 0 Å². The molecule has 4 saturated heterocycles. The molecule has 2 bridgehead atoms. The number of rotatable bonds is 4. The summed E-state index contributed by atoms with van der Waals surface area (Å²) in [5.74, 6) is 5.14. The third kappa shape index (κ3) is 4.70. The smallest absolute Gasteiger partial charge is 0.319 e. The van der Waals surface area contributed by atoms with Crippen LogP contribution >= 0.6 is 0 Å². The lowest BCUT2D eigenvalue weighted by Gasteiger charge is -2.34. The van der Waals surface area contributed by atoms with Crippen LogP contribution in [0.4, 0.5) is 19.0 Å². The van der Waals surface area contributed by atoms with Gasteiger partial charge in [0.25, 0.3) is 0 Å². The summed E-state index contributed by atoms with van der Waals surface area (Å²) in [6.45, 7) is 2.96. The zero-order valence-corrected chi connectivity index (χ0v) is 24.1. The predicted molar refractivity (Wildman–Crippen MR) is 162 cm³/mol. The lowest BCUT2D eigenvalue weighted by molar-refractivity contribution is 0.107. The maximum absolute atomic E-state index is 16.3. The SMILES string of the molecule is Oc1ccc2c(C#Cc3ccc4c(N5C[C@H]6CC[C@@H](C5)N6)nc(OC[C@@]56CCCN5C[C@H](F)C6)nc4c3F)c(F)ccc2c1. The van der Waals surface area contributed by atoms with Crippen LogP contribution in [0.1, 0.15) is 43.2 Å². The number of hydrogen-bond donors (Lipinski definition) is 2. The van der Waals surface area contributed by atoms with Crippen molar-refractivity contribution < 1.29 is 23.0 Å². The quantitative estimate of drug-likeness (QED) is 0.318. The van der Waals surface area contributed by atoms with Crippen molar-refractivity contribution in [2.24, 2.45) is 0 Å². The van der Waals surface area contributed by atoms with E-state index in [0.717, 1.165) is 45.3 Å². The molecule has 4 atom stereocenters. The lowest BCUT2D eigenvalue weighted by atomic mass is 9.95. The molecule has 0 unspecified atom stereocenters. The molecule has 0 spiro atoms. The van der Waals surface area contributed by atoms with Crippen LogP contribution in [0, 0.1) is 23.5 Å². The van der Waals surface area contributed by atoms with E-state index in [2.05, 4.69) is 31.9 Å². The van der Waals surface area contributed by atoms with Gasteiger partial charge in [0.05, 0.1) is 16.7 Å². The van der Waals surface area contributed by atoms with Crippen molar-refractivity contribution in [1.82, 2.24) is 20.2 Å². The van der Waals surface area contributed by atoms with Crippen molar-refractivity contribution in [2.75, 3.05) is 37.7 Å². The van der Waals surface area contributed by atoms with Gasteiger partial charge < -0.3 is 20.1 Å². The Morgan fingerprint density at radius 2 is 1.82 bits per heavy atom. The molecular weight excluding hydrogens is 567 g/mol. The predicted octanol–water partition coefficient (Wildman–Crippen LogP) is 5.06. The van der Waals surface area contributed by atoms with Gasteiger partial charge in [-0.05, 0) is 74.0 Å². The van der Waals surface area contributed by atoms with E-state index in [-0.39, 0.29) is 35.0 Å². The first-order valence-electron chi connectivity index (χ1n) is 15.3. The standard InChI is InChI=1S/C34H32F3N5O2/c35-22-15-34(12-1-13-42(34)16-22)19-44-33-39-31-28(32(40-33)41-17-23-5-6-24(18-41)38-23)9-3-20(30(31)37)2-8-27-26-10-7-25(43)14-21(26)4-11-29(27)36/h3-4,7,9-11,14,22-24,38,43H,1,5-6,12-13,15-19H2/t22-,23-,24+,34+/m1/s1. The number of benzene rings is 3. The summed E-state index contributed by atoms with van der Waals surface area (Å²) in [7, 11) is 0. The third-order valence-corrected chi connectivity index (χ3v) is 9.79. The number of phenols is 1. The van der Waals surface area contributed by atoms with E-state index in [4.69, 9.17) is 9.72 Å². The van der Waals surface area contributed by atoms with Crippen molar-refractivity contribution in [1.29, 1.82) is 0 Å². The molecule has 0 aliphatic carbocycles. The number of fused-ring (bicyclic) bond motifs is 5. The molecular formula is C34H32F3N5O2. The second-order valence-electron chi connectivity index (χ2n) is 12.6. The first-order valence-corrected chi connectivity index (χ1v) is 15.3. The van der Waals surface area contributed by atoms with Crippen LogP contribution in [-0.2, 0) is 0 Å². The number of alkyl halides is 1. The number of nitrogens with one attached hydrogen (secondary N) is 1. The van der Waals surface area contributed by atoms with Crippen molar-refractivity contribution in [2.45, 2.75) is 55.9 Å². The Balaban J connectivity index is 1.19. The molecule has 4 aromatic rings. The molecule has 226 valence electrons. The minimum absolute atomic E-state index is 0.0610. The number of halogens is 3. The van der Waals surface area contributed by atoms with Gasteiger partial charge in [0.15, 0.2) is 5.82 Å². The fourth-order valence-electron chi connectivity index (χ4n) is 7.69. The van der Waals surface area contributed by atoms with Crippen LogP contribution in [0.2, 0.25) is 0 Å². The number of ether oxygens (including phenoxy) is 1. The molecule has 10 heteroatoms. The normalized spacial score (nSPS) is 26.2. The Bertz CT molecular complexity index is 1850. The van der Waals surface area contributed by atoms with Gasteiger partial charge in [0, 0.05) is 48.9 Å². The molecule has 0 radical (unpaired) electrons. The number of piperazine rings is 1. The van der Waals surface area contributed by atoms with Gasteiger partial charge in [-0.2, -0.15) is 9.97 Å². The van der Waals surface area contributed by atoms with Crippen molar-refractivity contribution in [3.8, 4) is 23.6 Å². The summed E-state index contributed by atoms with van der Waals surface area (Å²) in [5.41, 5.74) is -0.118. The van der Waals surface area contributed by atoms with Crippen LogP contribution < -0.4 is 15.0 Å². The Labute approximate surface area is 253 Å². The second kappa shape index (κ2) is 10.5. The Hall–Kier alpha value is -4.07. The summed E-state index contributed by atoms with van der Waals surface area (Å²) < 4.78 is 51.7. The van der Waals surface area contributed by atoms with E-state index in [0.29, 0.717) is 47.0 Å². The van der Waals surface area contributed by atoms with Crippen LogP contribution in [0.3, 0.4) is 0 Å². The molecule has 2 N–H and O–H groups in total. The maximum Gasteiger partial charge on any atom is 0.319 e. The highest BCUT2D eigenvalue weighted by atomic mass is 19.1. The minimum Gasteiger partial charge on any atom is -0.508 e. The van der Waals surface area contributed by atoms with Crippen LogP contribution in [0.25, 0.3) is 21.7 Å². The number of aromatic nitrogens is 2. The molecule has 5 heterocycles. The van der Waals surface area contributed by atoms with E-state index < -0.39 is 23.3 Å². The fourth-order valence-corrected chi connectivity index (χ4v) is 7.69.